The van der Waals surface area contributed by atoms with Crippen LogP contribution in [0.2, 0.25) is 5.02 Å². The highest BCUT2D eigenvalue weighted by atomic mass is 35.5. The van der Waals surface area contributed by atoms with Gasteiger partial charge in [0.25, 0.3) is 0 Å². The summed E-state index contributed by atoms with van der Waals surface area (Å²) in [6, 6.07) is 6.48. The van der Waals surface area contributed by atoms with Crippen LogP contribution in [0, 0.1) is 0 Å². The van der Waals surface area contributed by atoms with E-state index in [0.717, 1.165) is 31.2 Å². The SMILES string of the molecule is CC(C)c1ccc(N2CCN(C)CC2)c(Cl)c1. The first-order chi connectivity index (χ1) is 8.08. The molecule has 2 rings (SSSR count). The fraction of sp³-hybridized carbons (Fsp3) is 0.571. The van der Waals surface area contributed by atoms with Crippen molar-refractivity contribution in [3.63, 3.8) is 0 Å². The average molecular weight is 253 g/mol. The first kappa shape index (κ1) is 12.7. The molecule has 0 amide bonds. The van der Waals surface area contributed by atoms with Crippen LogP contribution in [0.3, 0.4) is 0 Å². The molecule has 3 heteroatoms. The Labute approximate surface area is 109 Å². The van der Waals surface area contributed by atoms with Crippen LogP contribution < -0.4 is 4.90 Å². The Balaban J connectivity index is 2.16. The molecule has 1 aromatic rings. The Bertz CT molecular complexity index is 382. The van der Waals surface area contributed by atoms with E-state index in [-0.39, 0.29) is 0 Å². The van der Waals surface area contributed by atoms with Gasteiger partial charge < -0.3 is 9.80 Å². The number of rotatable bonds is 2. The average Bonchev–Trinajstić information content (AvgIpc) is 2.30. The maximum atomic E-state index is 6.39. The van der Waals surface area contributed by atoms with Crippen LogP contribution >= 0.6 is 11.6 Å². The normalized spacial score (nSPS) is 17.8. The van der Waals surface area contributed by atoms with Gasteiger partial charge in [0.15, 0.2) is 0 Å². The lowest BCUT2D eigenvalue weighted by molar-refractivity contribution is 0.313. The van der Waals surface area contributed by atoms with Crippen molar-refractivity contribution in [2.45, 2.75) is 19.8 Å². The number of likely N-dealkylation sites (N-methyl/N-ethyl adjacent to an activating group) is 1. The van der Waals surface area contributed by atoms with Gasteiger partial charge in [0.2, 0.25) is 0 Å². The Morgan fingerprint density at radius 1 is 1.12 bits per heavy atom. The zero-order valence-electron chi connectivity index (χ0n) is 10.9. The molecule has 0 saturated carbocycles. The largest absolute Gasteiger partial charge is 0.368 e. The number of anilines is 1. The van der Waals surface area contributed by atoms with Crippen molar-refractivity contribution in [2.75, 3.05) is 38.1 Å². The van der Waals surface area contributed by atoms with Crippen LogP contribution in [0.5, 0.6) is 0 Å². The van der Waals surface area contributed by atoms with E-state index in [4.69, 9.17) is 11.6 Å². The molecule has 1 saturated heterocycles. The second-order valence-corrected chi connectivity index (χ2v) is 5.56. The van der Waals surface area contributed by atoms with Gasteiger partial charge in [-0.2, -0.15) is 0 Å². The summed E-state index contributed by atoms with van der Waals surface area (Å²) in [5.41, 5.74) is 2.50. The zero-order chi connectivity index (χ0) is 12.4. The van der Waals surface area contributed by atoms with Gasteiger partial charge in [0.1, 0.15) is 0 Å². The fourth-order valence-electron chi connectivity index (χ4n) is 2.19. The smallest absolute Gasteiger partial charge is 0.0642 e. The standard InChI is InChI=1S/C14H21ClN2/c1-11(2)12-4-5-14(13(15)10-12)17-8-6-16(3)7-9-17/h4-5,10-11H,6-9H2,1-3H3. The van der Waals surface area contributed by atoms with Crippen molar-refractivity contribution < 1.29 is 0 Å². The summed E-state index contributed by atoms with van der Waals surface area (Å²) in [6.07, 6.45) is 0. The van der Waals surface area contributed by atoms with Crippen LogP contribution in [0.4, 0.5) is 5.69 Å². The molecule has 17 heavy (non-hydrogen) atoms. The maximum Gasteiger partial charge on any atom is 0.0642 e. The van der Waals surface area contributed by atoms with E-state index in [0.29, 0.717) is 5.92 Å². The van der Waals surface area contributed by atoms with Crippen molar-refractivity contribution in [1.82, 2.24) is 4.90 Å². The third-order valence-electron chi connectivity index (χ3n) is 3.48. The Hall–Kier alpha value is -0.730. The van der Waals surface area contributed by atoms with E-state index in [1.54, 1.807) is 0 Å². The van der Waals surface area contributed by atoms with Gasteiger partial charge >= 0.3 is 0 Å². The molecule has 0 aliphatic carbocycles. The molecule has 0 radical (unpaired) electrons. The fourth-order valence-corrected chi connectivity index (χ4v) is 2.49. The van der Waals surface area contributed by atoms with Crippen LogP contribution in [-0.2, 0) is 0 Å². The molecule has 2 nitrogen and oxygen atoms in total. The summed E-state index contributed by atoms with van der Waals surface area (Å²) in [5.74, 6) is 0.536. The van der Waals surface area contributed by atoms with Crippen molar-refractivity contribution in [3.05, 3.63) is 28.8 Å². The van der Waals surface area contributed by atoms with E-state index >= 15 is 0 Å². The van der Waals surface area contributed by atoms with Crippen LogP contribution in [0.1, 0.15) is 25.3 Å². The molecule has 0 unspecified atom stereocenters. The predicted octanol–water partition coefficient (Wildman–Crippen LogP) is 3.22. The van der Waals surface area contributed by atoms with Gasteiger partial charge in [-0.05, 0) is 30.7 Å². The predicted molar refractivity (Wildman–Crippen MR) is 75.3 cm³/mol. The van der Waals surface area contributed by atoms with Crippen molar-refractivity contribution >= 4 is 17.3 Å². The number of nitrogens with zero attached hydrogens (tertiary/aromatic N) is 2. The molecular weight excluding hydrogens is 232 g/mol. The summed E-state index contributed by atoms with van der Waals surface area (Å²) >= 11 is 6.39. The van der Waals surface area contributed by atoms with Crippen LogP contribution in [-0.4, -0.2) is 38.1 Å². The van der Waals surface area contributed by atoms with Gasteiger partial charge in [-0.15, -0.1) is 0 Å². The highest BCUT2D eigenvalue weighted by Gasteiger charge is 2.16. The lowest BCUT2D eigenvalue weighted by atomic mass is 10.0. The Kier molecular flexibility index (Phi) is 3.95. The summed E-state index contributed by atoms with van der Waals surface area (Å²) in [7, 11) is 2.17. The van der Waals surface area contributed by atoms with Gasteiger partial charge in [0, 0.05) is 26.2 Å². The molecule has 0 bridgehead atoms. The first-order valence-corrected chi connectivity index (χ1v) is 6.68. The number of benzene rings is 1. The molecule has 1 aromatic carbocycles. The number of hydrogen-bond acceptors (Lipinski definition) is 2. The number of hydrogen-bond donors (Lipinski definition) is 0. The minimum atomic E-state index is 0.536. The lowest BCUT2D eigenvalue weighted by Gasteiger charge is -2.34. The van der Waals surface area contributed by atoms with Gasteiger partial charge in [-0.3, -0.25) is 0 Å². The number of halogens is 1. The minimum Gasteiger partial charge on any atom is -0.368 e. The molecule has 0 N–H and O–H groups in total. The highest BCUT2D eigenvalue weighted by Crippen LogP contribution is 2.30. The van der Waals surface area contributed by atoms with Gasteiger partial charge in [0.05, 0.1) is 10.7 Å². The summed E-state index contributed by atoms with van der Waals surface area (Å²) < 4.78 is 0. The van der Waals surface area contributed by atoms with E-state index in [9.17, 15) is 0 Å². The molecule has 1 heterocycles. The highest BCUT2D eigenvalue weighted by molar-refractivity contribution is 6.33. The van der Waals surface area contributed by atoms with Crippen molar-refractivity contribution in [1.29, 1.82) is 0 Å². The van der Waals surface area contributed by atoms with Crippen LogP contribution in [0.15, 0.2) is 18.2 Å². The third kappa shape index (κ3) is 2.93. The minimum absolute atomic E-state index is 0.536. The first-order valence-electron chi connectivity index (χ1n) is 6.31. The summed E-state index contributed by atoms with van der Waals surface area (Å²) in [6.45, 7) is 8.75. The monoisotopic (exact) mass is 252 g/mol. The maximum absolute atomic E-state index is 6.39. The molecule has 94 valence electrons. The summed E-state index contributed by atoms with van der Waals surface area (Å²) in [4.78, 5) is 4.74. The summed E-state index contributed by atoms with van der Waals surface area (Å²) in [5, 5.41) is 0.890. The van der Waals surface area contributed by atoms with Gasteiger partial charge in [-0.1, -0.05) is 31.5 Å². The zero-order valence-corrected chi connectivity index (χ0v) is 11.7. The second kappa shape index (κ2) is 5.28. The van der Waals surface area contributed by atoms with E-state index < -0.39 is 0 Å². The Morgan fingerprint density at radius 3 is 2.29 bits per heavy atom. The van der Waals surface area contributed by atoms with Crippen LogP contribution in [0.25, 0.3) is 0 Å². The Morgan fingerprint density at radius 2 is 1.76 bits per heavy atom. The number of piperazine rings is 1. The molecular formula is C14H21ClN2. The second-order valence-electron chi connectivity index (χ2n) is 5.16. The quantitative estimate of drug-likeness (QED) is 0.798. The third-order valence-corrected chi connectivity index (χ3v) is 3.79. The molecule has 1 aliphatic heterocycles. The van der Waals surface area contributed by atoms with Gasteiger partial charge in [-0.25, -0.2) is 0 Å². The van der Waals surface area contributed by atoms with E-state index in [1.807, 2.05) is 0 Å². The van der Waals surface area contributed by atoms with E-state index in [1.165, 1.54) is 11.3 Å². The lowest BCUT2D eigenvalue weighted by Crippen LogP contribution is -2.44. The molecule has 0 spiro atoms. The van der Waals surface area contributed by atoms with Crippen molar-refractivity contribution in [3.8, 4) is 0 Å². The molecule has 1 fully saturated rings. The van der Waals surface area contributed by atoms with E-state index in [2.05, 4.69) is 48.9 Å². The topological polar surface area (TPSA) is 6.48 Å². The van der Waals surface area contributed by atoms with Crippen molar-refractivity contribution in [2.24, 2.45) is 0 Å². The molecule has 1 aliphatic rings. The molecule has 0 atom stereocenters. The molecule has 0 aromatic heterocycles.